The molecule has 3 nitrogen and oxygen atoms in total. The Kier molecular flexibility index (Phi) is 4.63. The quantitative estimate of drug-likeness (QED) is 0.927. The molecule has 1 saturated heterocycles. The second-order valence-electron chi connectivity index (χ2n) is 6.74. The molecule has 116 valence electrons. The van der Waals surface area contributed by atoms with Gasteiger partial charge in [0.25, 0.3) is 0 Å². The van der Waals surface area contributed by atoms with Crippen molar-refractivity contribution >= 4 is 0 Å². The van der Waals surface area contributed by atoms with Crippen LogP contribution in [0.25, 0.3) is 0 Å². The molecule has 0 radical (unpaired) electrons. The van der Waals surface area contributed by atoms with Crippen LogP contribution in [0.2, 0.25) is 0 Å². The lowest BCUT2D eigenvalue weighted by Crippen LogP contribution is -2.54. The van der Waals surface area contributed by atoms with E-state index in [1.807, 2.05) is 0 Å². The highest BCUT2D eigenvalue weighted by atomic mass is 15.3. The first-order valence-electron chi connectivity index (χ1n) is 8.51. The Morgan fingerprint density at radius 2 is 1.76 bits per heavy atom. The first kappa shape index (κ1) is 15.0. The van der Waals surface area contributed by atoms with Crippen LogP contribution in [-0.2, 0) is 0 Å². The monoisotopic (exact) mass is 287 g/mol. The van der Waals surface area contributed by atoms with E-state index in [9.17, 15) is 0 Å². The number of piperazine rings is 1. The first-order chi connectivity index (χ1) is 10.2. The molecule has 1 heterocycles. The standard InChI is InChI=1S/C18H29N3/c1-3-8-20-9-11-21(12-10-20)17-13-14(2)15-6-4-5-7-16(15)18(17)19/h4-7,14,17-18H,3,8-13,19H2,1-2H3. The molecule has 3 unspecified atom stereocenters. The third-order valence-electron chi connectivity index (χ3n) is 5.31. The second-order valence-corrected chi connectivity index (χ2v) is 6.74. The van der Waals surface area contributed by atoms with Crippen molar-refractivity contribution < 1.29 is 0 Å². The van der Waals surface area contributed by atoms with Gasteiger partial charge in [0.1, 0.15) is 0 Å². The summed E-state index contributed by atoms with van der Waals surface area (Å²) in [6.45, 7) is 10.6. The summed E-state index contributed by atoms with van der Waals surface area (Å²) >= 11 is 0. The summed E-state index contributed by atoms with van der Waals surface area (Å²) in [6, 6.07) is 9.46. The van der Waals surface area contributed by atoms with Crippen LogP contribution in [0.3, 0.4) is 0 Å². The fourth-order valence-electron chi connectivity index (χ4n) is 4.12. The fraction of sp³-hybridized carbons (Fsp3) is 0.667. The summed E-state index contributed by atoms with van der Waals surface area (Å²) in [7, 11) is 0. The van der Waals surface area contributed by atoms with Gasteiger partial charge in [0.2, 0.25) is 0 Å². The van der Waals surface area contributed by atoms with Crippen molar-refractivity contribution in [3.8, 4) is 0 Å². The Bertz CT molecular complexity index is 465. The van der Waals surface area contributed by atoms with Gasteiger partial charge < -0.3 is 10.6 Å². The second kappa shape index (κ2) is 6.47. The molecule has 0 aromatic heterocycles. The summed E-state index contributed by atoms with van der Waals surface area (Å²) in [4.78, 5) is 5.23. The highest BCUT2D eigenvalue weighted by Gasteiger charge is 2.35. The summed E-state index contributed by atoms with van der Waals surface area (Å²) in [5, 5.41) is 0. The molecule has 1 aliphatic heterocycles. The molecule has 21 heavy (non-hydrogen) atoms. The fourth-order valence-corrected chi connectivity index (χ4v) is 4.12. The smallest absolute Gasteiger partial charge is 0.0456 e. The predicted octanol–water partition coefficient (Wildman–Crippen LogP) is 2.59. The zero-order valence-corrected chi connectivity index (χ0v) is 13.5. The Morgan fingerprint density at radius 1 is 1.10 bits per heavy atom. The maximum Gasteiger partial charge on any atom is 0.0456 e. The molecule has 1 aromatic carbocycles. The predicted molar refractivity (Wildman–Crippen MR) is 88.5 cm³/mol. The molecule has 3 rings (SSSR count). The normalized spacial score (nSPS) is 31.1. The molecular formula is C18H29N3. The molecule has 0 spiro atoms. The van der Waals surface area contributed by atoms with Gasteiger partial charge in [-0.1, -0.05) is 38.1 Å². The van der Waals surface area contributed by atoms with Crippen LogP contribution < -0.4 is 5.73 Å². The van der Waals surface area contributed by atoms with E-state index in [4.69, 9.17) is 5.73 Å². The maximum atomic E-state index is 6.62. The minimum Gasteiger partial charge on any atom is -0.323 e. The molecule has 1 aromatic rings. The Morgan fingerprint density at radius 3 is 2.43 bits per heavy atom. The van der Waals surface area contributed by atoms with Gasteiger partial charge in [0, 0.05) is 38.3 Å². The first-order valence-corrected chi connectivity index (χ1v) is 8.51. The molecule has 0 saturated carbocycles. The van der Waals surface area contributed by atoms with Crippen molar-refractivity contribution in [2.45, 2.75) is 44.7 Å². The largest absolute Gasteiger partial charge is 0.323 e. The van der Waals surface area contributed by atoms with Crippen LogP contribution in [0.5, 0.6) is 0 Å². The van der Waals surface area contributed by atoms with E-state index >= 15 is 0 Å². The van der Waals surface area contributed by atoms with Crippen LogP contribution in [0.1, 0.15) is 49.8 Å². The Balaban J connectivity index is 1.70. The number of rotatable bonds is 3. The van der Waals surface area contributed by atoms with Gasteiger partial charge in [-0.25, -0.2) is 0 Å². The van der Waals surface area contributed by atoms with E-state index in [0.29, 0.717) is 12.0 Å². The van der Waals surface area contributed by atoms with Gasteiger partial charge in [0.15, 0.2) is 0 Å². The average molecular weight is 287 g/mol. The van der Waals surface area contributed by atoms with Gasteiger partial charge in [-0.15, -0.1) is 0 Å². The molecule has 0 bridgehead atoms. The van der Waals surface area contributed by atoms with E-state index in [0.717, 1.165) is 0 Å². The van der Waals surface area contributed by atoms with Crippen molar-refractivity contribution in [3.63, 3.8) is 0 Å². The van der Waals surface area contributed by atoms with Crippen LogP contribution in [0, 0.1) is 0 Å². The number of nitrogens with two attached hydrogens (primary N) is 1. The molecule has 0 amide bonds. The zero-order valence-electron chi connectivity index (χ0n) is 13.5. The van der Waals surface area contributed by atoms with Crippen molar-refractivity contribution in [3.05, 3.63) is 35.4 Å². The van der Waals surface area contributed by atoms with Crippen molar-refractivity contribution in [2.24, 2.45) is 5.73 Å². The average Bonchev–Trinajstić information content (AvgIpc) is 2.52. The van der Waals surface area contributed by atoms with E-state index in [1.54, 1.807) is 0 Å². The van der Waals surface area contributed by atoms with Gasteiger partial charge in [-0.05, 0) is 36.4 Å². The van der Waals surface area contributed by atoms with Crippen LogP contribution in [0.4, 0.5) is 0 Å². The lowest BCUT2D eigenvalue weighted by atomic mass is 9.77. The molecule has 1 fully saturated rings. The number of hydrogen-bond donors (Lipinski definition) is 1. The summed E-state index contributed by atoms with van der Waals surface area (Å²) < 4.78 is 0. The van der Waals surface area contributed by atoms with Crippen LogP contribution in [0.15, 0.2) is 24.3 Å². The highest BCUT2D eigenvalue weighted by molar-refractivity contribution is 5.36. The zero-order chi connectivity index (χ0) is 14.8. The minimum atomic E-state index is 0.176. The van der Waals surface area contributed by atoms with Crippen molar-refractivity contribution in [2.75, 3.05) is 32.7 Å². The number of hydrogen-bond acceptors (Lipinski definition) is 3. The van der Waals surface area contributed by atoms with Gasteiger partial charge >= 0.3 is 0 Å². The third-order valence-corrected chi connectivity index (χ3v) is 5.31. The topological polar surface area (TPSA) is 32.5 Å². The minimum absolute atomic E-state index is 0.176. The van der Waals surface area contributed by atoms with Crippen molar-refractivity contribution in [1.29, 1.82) is 0 Å². The molecule has 3 heteroatoms. The lowest BCUT2D eigenvalue weighted by Gasteiger charge is -2.45. The summed E-state index contributed by atoms with van der Waals surface area (Å²) in [6.07, 6.45) is 2.46. The molecule has 2 N–H and O–H groups in total. The molecule has 2 aliphatic rings. The van der Waals surface area contributed by atoms with Crippen LogP contribution in [-0.4, -0.2) is 48.6 Å². The third kappa shape index (κ3) is 3.01. The summed E-state index contributed by atoms with van der Waals surface area (Å²) in [5.74, 6) is 0.625. The van der Waals surface area contributed by atoms with Gasteiger partial charge in [-0.3, -0.25) is 4.90 Å². The van der Waals surface area contributed by atoms with E-state index in [2.05, 4.69) is 47.9 Å². The van der Waals surface area contributed by atoms with E-state index in [1.165, 1.54) is 56.7 Å². The number of benzene rings is 1. The van der Waals surface area contributed by atoms with Crippen LogP contribution >= 0.6 is 0 Å². The van der Waals surface area contributed by atoms with E-state index in [-0.39, 0.29) is 6.04 Å². The lowest BCUT2D eigenvalue weighted by molar-refractivity contribution is 0.0739. The van der Waals surface area contributed by atoms with Gasteiger partial charge in [0.05, 0.1) is 0 Å². The number of fused-ring (bicyclic) bond motifs is 1. The highest BCUT2D eigenvalue weighted by Crippen LogP contribution is 2.38. The van der Waals surface area contributed by atoms with E-state index < -0.39 is 0 Å². The molecule has 1 aliphatic carbocycles. The maximum absolute atomic E-state index is 6.62. The number of nitrogens with zero attached hydrogens (tertiary/aromatic N) is 2. The van der Waals surface area contributed by atoms with Crippen molar-refractivity contribution in [1.82, 2.24) is 9.80 Å². The Hall–Kier alpha value is -0.900. The molecular weight excluding hydrogens is 258 g/mol. The Labute approximate surface area is 129 Å². The summed E-state index contributed by atoms with van der Waals surface area (Å²) in [5.41, 5.74) is 9.46. The molecule has 3 atom stereocenters. The SMILES string of the molecule is CCCN1CCN(C2CC(C)c3ccccc3C2N)CC1. The van der Waals surface area contributed by atoms with Gasteiger partial charge in [-0.2, -0.15) is 0 Å².